The highest BCUT2D eigenvalue weighted by atomic mass is 31.2. The molecular formula is C23H31N6O8P. The smallest absolute Gasteiger partial charge is 0.459 e. The van der Waals surface area contributed by atoms with Crippen LogP contribution in [0.25, 0.3) is 11.2 Å². The first-order valence-corrected chi connectivity index (χ1v) is 13.5. The summed E-state index contributed by atoms with van der Waals surface area (Å²) in [7, 11) is -4.25. The molecule has 0 aliphatic carbocycles. The number of hydrogen-bond donors (Lipinski definition) is 4. The minimum Gasteiger partial charge on any atom is -0.462 e. The van der Waals surface area contributed by atoms with Gasteiger partial charge in [-0.05, 0) is 39.8 Å². The van der Waals surface area contributed by atoms with E-state index in [-0.39, 0.29) is 17.7 Å². The van der Waals surface area contributed by atoms with Crippen molar-refractivity contribution in [2.45, 2.75) is 70.5 Å². The molecule has 14 nitrogen and oxygen atoms in total. The number of benzene rings is 1. The predicted octanol–water partition coefficient (Wildman–Crippen LogP) is 1.55. The number of hydrogen-bond acceptors (Lipinski definition) is 12. The second-order valence-electron chi connectivity index (χ2n) is 9.10. The van der Waals surface area contributed by atoms with Crippen LogP contribution in [0.2, 0.25) is 0 Å². The van der Waals surface area contributed by atoms with E-state index in [2.05, 4.69) is 20.0 Å². The zero-order valence-corrected chi connectivity index (χ0v) is 22.1. The van der Waals surface area contributed by atoms with E-state index < -0.39 is 50.4 Å². The highest BCUT2D eigenvalue weighted by molar-refractivity contribution is 7.52. The van der Waals surface area contributed by atoms with Gasteiger partial charge in [0.05, 0.1) is 18.5 Å². The molecule has 1 aliphatic heterocycles. The quantitative estimate of drug-likeness (QED) is 0.210. The number of aromatic nitrogens is 4. The largest absolute Gasteiger partial charge is 0.462 e. The number of aliphatic hydroxyl groups is 2. The van der Waals surface area contributed by atoms with Crippen molar-refractivity contribution in [1.29, 1.82) is 0 Å². The summed E-state index contributed by atoms with van der Waals surface area (Å²) < 4.78 is 37.8. The predicted molar refractivity (Wildman–Crippen MR) is 135 cm³/mol. The van der Waals surface area contributed by atoms with Crippen LogP contribution in [-0.2, 0) is 23.4 Å². The summed E-state index contributed by atoms with van der Waals surface area (Å²) in [5.41, 5.74) is 6.44. The Balaban J connectivity index is 1.55. The van der Waals surface area contributed by atoms with E-state index in [0.717, 1.165) is 0 Å². The number of carbonyl (C=O) groups excluding carboxylic acids is 1. The maximum absolute atomic E-state index is 13.9. The van der Waals surface area contributed by atoms with Gasteiger partial charge in [-0.2, -0.15) is 5.09 Å². The number of nitrogen functional groups attached to an aromatic ring is 1. The van der Waals surface area contributed by atoms with Crippen LogP contribution in [0.5, 0.6) is 5.75 Å². The summed E-state index contributed by atoms with van der Waals surface area (Å²) in [4.78, 5) is 24.6. The van der Waals surface area contributed by atoms with Crippen LogP contribution < -0.4 is 15.3 Å². The molecular weight excluding hydrogens is 519 g/mol. The molecule has 5 N–H and O–H groups in total. The van der Waals surface area contributed by atoms with Crippen molar-refractivity contribution in [3.8, 4) is 5.75 Å². The Hall–Kier alpha value is -3.13. The Kier molecular flexibility index (Phi) is 8.31. The van der Waals surface area contributed by atoms with Crippen molar-refractivity contribution in [1.82, 2.24) is 24.6 Å². The summed E-state index contributed by atoms with van der Waals surface area (Å²) >= 11 is 0. The lowest BCUT2D eigenvalue weighted by Gasteiger charge is -2.28. The number of nitrogens with two attached hydrogens (primary N) is 1. The van der Waals surface area contributed by atoms with Gasteiger partial charge >= 0.3 is 13.7 Å². The highest BCUT2D eigenvalue weighted by Gasteiger charge is 2.49. The first-order chi connectivity index (χ1) is 18.0. The van der Waals surface area contributed by atoms with Gasteiger partial charge < -0.3 is 29.9 Å². The third-order valence-electron chi connectivity index (χ3n) is 5.73. The van der Waals surface area contributed by atoms with Gasteiger partial charge in [-0.1, -0.05) is 18.2 Å². The number of esters is 1. The number of para-hydroxylation sites is 1. The van der Waals surface area contributed by atoms with E-state index in [9.17, 15) is 19.6 Å². The normalized spacial score (nSPS) is 24.7. The molecule has 7 atom stereocenters. The van der Waals surface area contributed by atoms with E-state index >= 15 is 0 Å². The molecule has 206 valence electrons. The van der Waals surface area contributed by atoms with Crippen LogP contribution in [0.4, 0.5) is 5.82 Å². The molecule has 2 aromatic heterocycles. The van der Waals surface area contributed by atoms with Gasteiger partial charge in [0.1, 0.15) is 41.9 Å². The average molecular weight is 551 g/mol. The molecule has 1 fully saturated rings. The zero-order chi connectivity index (χ0) is 27.6. The first-order valence-electron chi connectivity index (χ1n) is 11.9. The van der Waals surface area contributed by atoms with Crippen LogP contribution in [0.3, 0.4) is 0 Å². The van der Waals surface area contributed by atoms with Crippen LogP contribution in [-0.4, -0.2) is 72.3 Å². The third kappa shape index (κ3) is 5.96. The van der Waals surface area contributed by atoms with E-state index in [4.69, 9.17) is 24.3 Å². The van der Waals surface area contributed by atoms with E-state index in [1.54, 1.807) is 44.2 Å². The van der Waals surface area contributed by atoms with Gasteiger partial charge in [0.2, 0.25) is 0 Å². The van der Waals surface area contributed by atoms with Crippen molar-refractivity contribution in [3.05, 3.63) is 43.0 Å². The molecule has 1 aliphatic rings. The Morgan fingerprint density at radius 3 is 2.53 bits per heavy atom. The SMILES string of the molecule is CC(C)OC(=O)C(C)NP(=O)(Oc1ccccc1)OC(C)C1OC(n2cnc3c(N)ncnc32)C(O)C1O. The van der Waals surface area contributed by atoms with Gasteiger partial charge in [-0.15, -0.1) is 0 Å². The number of rotatable bonds is 10. The lowest BCUT2D eigenvalue weighted by atomic mass is 10.1. The van der Waals surface area contributed by atoms with Gasteiger partial charge in [0, 0.05) is 0 Å². The fraction of sp³-hybridized carbons (Fsp3) is 0.478. The molecule has 0 radical (unpaired) electrons. The second-order valence-corrected chi connectivity index (χ2v) is 10.8. The van der Waals surface area contributed by atoms with E-state index in [1.807, 2.05) is 0 Å². The number of ether oxygens (including phenoxy) is 2. The van der Waals surface area contributed by atoms with Crippen LogP contribution in [0, 0.1) is 0 Å². The van der Waals surface area contributed by atoms with Crippen molar-refractivity contribution in [3.63, 3.8) is 0 Å². The Labute approximate surface area is 218 Å². The summed E-state index contributed by atoms with van der Waals surface area (Å²) in [6.45, 7) is 6.33. The molecule has 15 heteroatoms. The number of imidazole rings is 1. The Morgan fingerprint density at radius 2 is 1.84 bits per heavy atom. The van der Waals surface area contributed by atoms with Crippen LogP contribution in [0.15, 0.2) is 43.0 Å². The fourth-order valence-electron chi connectivity index (χ4n) is 3.96. The Bertz CT molecular complexity index is 1310. The number of nitrogens with one attached hydrogen (secondary N) is 1. The average Bonchev–Trinajstić information content (AvgIpc) is 3.41. The Morgan fingerprint density at radius 1 is 1.13 bits per heavy atom. The molecule has 1 saturated heterocycles. The number of fused-ring (bicyclic) bond motifs is 1. The summed E-state index contributed by atoms with van der Waals surface area (Å²) in [5.74, 6) is -0.299. The monoisotopic (exact) mass is 550 g/mol. The van der Waals surface area contributed by atoms with Crippen LogP contribution >= 0.6 is 7.75 Å². The van der Waals surface area contributed by atoms with Gasteiger partial charge in [-0.25, -0.2) is 19.5 Å². The van der Waals surface area contributed by atoms with Gasteiger partial charge in [0.15, 0.2) is 17.7 Å². The zero-order valence-electron chi connectivity index (χ0n) is 21.2. The minimum atomic E-state index is -4.25. The maximum atomic E-state index is 13.9. The first kappa shape index (κ1) is 27.9. The molecule has 0 bridgehead atoms. The lowest BCUT2D eigenvalue weighted by Crippen LogP contribution is -2.41. The topological polar surface area (TPSA) is 193 Å². The molecule has 3 aromatic rings. The summed E-state index contributed by atoms with van der Waals surface area (Å²) in [6, 6.07) is 7.18. The highest BCUT2D eigenvalue weighted by Crippen LogP contribution is 2.48. The number of nitrogens with zero attached hydrogens (tertiary/aromatic N) is 4. The van der Waals surface area contributed by atoms with E-state index in [1.165, 1.54) is 31.1 Å². The molecule has 7 unspecified atom stereocenters. The molecule has 0 saturated carbocycles. The molecule has 0 spiro atoms. The summed E-state index contributed by atoms with van der Waals surface area (Å²) in [6.07, 6.45) is -4.00. The van der Waals surface area contributed by atoms with Gasteiger partial charge in [0.25, 0.3) is 0 Å². The van der Waals surface area contributed by atoms with Crippen molar-refractivity contribution in [2.75, 3.05) is 5.73 Å². The number of carbonyl (C=O) groups is 1. The van der Waals surface area contributed by atoms with Crippen LogP contribution in [0.1, 0.15) is 33.9 Å². The molecule has 1 aromatic carbocycles. The molecule has 4 rings (SSSR count). The standard InChI is InChI=1S/C23H31N6O8P/c1-12(2)34-23(32)13(3)28-38(33,37-15-8-6-5-7-9-15)36-14(4)19-17(30)18(31)22(35-19)29-11-27-16-20(24)25-10-26-21(16)29/h5-14,17-19,22,30-31H,1-4H3,(H,28,33)(H2,24,25,26). The number of aliphatic hydroxyl groups excluding tert-OH is 2. The fourth-order valence-corrected chi connectivity index (χ4v) is 5.65. The van der Waals surface area contributed by atoms with Gasteiger partial charge in [-0.3, -0.25) is 13.9 Å². The maximum Gasteiger partial charge on any atom is 0.459 e. The minimum absolute atomic E-state index is 0.144. The lowest BCUT2D eigenvalue weighted by molar-refractivity contribution is -0.149. The molecule has 3 heterocycles. The van der Waals surface area contributed by atoms with Crippen molar-refractivity contribution in [2.24, 2.45) is 0 Å². The van der Waals surface area contributed by atoms with Crippen molar-refractivity contribution >= 4 is 30.7 Å². The summed E-state index contributed by atoms with van der Waals surface area (Å²) in [5, 5.41) is 24.2. The number of anilines is 1. The van der Waals surface area contributed by atoms with Crippen molar-refractivity contribution < 1.29 is 38.1 Å². The van der Waals surface area contributed by atoms with E-state index in [0.29, 0.717) is 11.2 Å². The second kappa shape index (κ2) is 11.3. The molecule has 38 heavy (non-hydrogen) atoms. The molecule has 0 amide bonds. The third-order valence-corrected chi connectivity index (χ3v) is 7.49.